The van der Waals surface area contributed by atoms with Gasteiger partial charge in [-0.2, -0.15) is 0 Å². The zero-order valence-corrected chi connectivity index (χ0v) is 12.9. The Kier molecular flexibility index (Phi) is 12.8. The van der Waals surface area contributed by atoms with Gasteiger partial charge in [0.05, 0.1) is 6.61 Å². The van der Waals surface area contributed by atoms with Crippen LogP contribution in [0.1, 0.15) is 12.5 Å². The molecule has 1 aromatic rings. The molecule has 0 radical (unpaired) electrons. The molecule has 0 aliphatic carbocycles. The van der Waals surface area contributed by atoms with Crippen LogP contribution in [0.15, 0.2) is 24.3 Å². The van der Waals surface area contributed by atoms with E-state index in [9.17, 15) is 0 Å². The van der Waals surface area contributed by atoms with Gasteiger partial charge in [-0.05, 0) is 38.7 Å². The van der Waals surface area contributed by atoms with Crippen molar-refractivity contribution in [1.29, 1.82) is 0 Å². The first-order chi connectivity index (χ1) is 7.72. The van der Waals surface area contributed by atoms with Crippen LogP contribution in [0.3, 0.4) is 0 Å². The second-order valence-electron chi connectivity index (χ2n) is 4.06. The van der Waals surface area contributed by atoms with Crippen LogP contribution in [0.25, 0.3) is 0 Å². The Labute approximate surface area is 123 Å². The number of nitrogens with zero attached hydrogens (tertiary/aromatic N) is 1. The first-order valence-corrected chi connectivity index (χ1v) is 5.79. The maximum atomic E-state index is 5.39. The summed E-state index contributed by atoms with van der Waals surface area (Å²) in [6.45, 7) is 5.72. The Morgan fingerprint density at radius 2 is 1.72 bits per heavy atom. The predicted octanol–water partition coefficient (Wildman–Crippen LogP) is 2.58. The van der Waals surface area contributed by atoms with Crippen LogP contribution in [0.4, 0.5) is 0 Å². The number of benzene rings is 1. The summed E-state index contributed by atoms with van der Waals surface area (Å²) in [5.74, 6) is 0.944. The van der Waals surface area contributed by atoms with Crippen LogP contribution in [-0.2, 0) is 6.54 Å². The van der Waals surface area contributed by atoms with Crippen molar-refractivity contribution in [3.63, 3.8) is 0 Å². The highest BCUT2D eigenvalue weighted by atomic mass is 35.5. The van der Waals surface area contributed by atoms with Crippen LogP contribution in [0.2, 0.25) is 0 Å². The van der Waals surface area contributed by atoms with Crippen LogP contribution >= 0.6 is 24.8 Å². The number of likely N-dealkylation sites (N-methyl/N-ethyl adjacent to an activating group) is 1. The third-order valence-corrected chi connectivity index (χ3v) is 2.30. The van der Waals surface area contributed by atoms with E-state index in [4.69, 9.17) is 4.74 Å². The summed E-state index contributed by atoms with van der Waals surface area (Å²) in [4.78, 5) is 2.17. The molecule has 1 aromatic carbocycles. The summed E-state index contributed by atoms with van der Waals surface area (Å²) in [5.41, 5.74) is 1.29. The molecule has 106 valence electrons. The molecule has 0 bridgehead atoms. The molecule has 1 N–H and O–H groups in total. The molecule has 5 heteroatoms. The van der Waals surface area contributed by atoms with E-state index < -0.39 is 0 Å². The minimum atomic E-state index is 0. The normalized spacial score (nSPS) is 9.56. The number of rotatable bonds is 7. The van der Waals surface area contributed by atoms with Crippen LogP contribution in [0, 0.1) is 0 Å². The van der Waals surface area contributed by atoms with Gasteiger partial charge in [-0.1, -0.05) is 12.1 Å². The fourth-order valence-electron chi connectivity index (χ4n) is 1.41. The zero-order valence-electron chi connectivity index (χ0n) is 11.3. The molecule has 0 aliphatic heterocycles. The molecule has 0 unspecified atom stereocenters. The smallest absolute Gasteiger partial charge is 0.119 e. The van der Waals surface area contributed by atoms with E-state index in [1.807, 2.05) is 19.1 Å². The third-order valence-electron chi connectivity index (χ3n) is 2.30. The van der Waals surface area contributed by atoms with E-state index in [0.29, 0.717) is 0 Å². The van der Waals surface area contributed by atoms with Gasteiger partial charge < -0.3 is 15.0 Å². The van der Waals surface area contributed by atoms with E-state index in [-0.39, 0.29) is 24.8 Å². The number of hydrogen-bond donors (Lipinski definition) is 1. The molecule has 0 fully saturated rings. The fourth-order valence-corrected chi connectivity index (χ4v) is 1.41. The quantitative estimate of drug-likeness (QED) is 0.783. The zero-order chi connectivity index (χ0) is 11.8. The lowest BCUT2D eigenvalue weighted by Gasteiger charge is -2.10. The molecule has 0 aliphatic rings. The Bertz CT molecular complexity index is 292. The van der Waals surface area contributed by atoms with Crippen molar-refractivity contribution < 1.29 is 4.74 Å². The topological polar surface area (TPSA) is 24.5 Å². The van der Waals surface area contributed by atoms with Gasteiger partial charge in [0.15, 0.2) is 0 Å². The highest BCUT2D eigenvalue weighted by Crippen LogP contribution is 2.11. The van der Waals surface area contributed by atoms with Crippen molar-refractivity contribution in [2.24, 2.45) is 0 Å². The Morgan fingerprint density at radius 3 is 2.22 bits per heavy atom. The summed E-state index contributed by atoms with van der Waals surface area (Å²) in [7, 11) is 4.16. The van der Waals surface area contributed by atoms with Crippen LogP contribution in [0.5, 0.6) is 5.75 Å². The lowest BCUT2D eigenvalue weighted by Crippen LogP contribution is -2.26. The lowest BCUT2D eigenvalue weighted by atomic mass is 10.2. The minimum absolute atomic E-state index is 0. The monoisotopic (exact) mass is 294 g/mol. The first kappa shape index (κ1) is 19.9. The molecule has 0 heterocycles. The maximum Gasteiger partial charge on any atom is 0.119 e. The maximum absolute atomic E-state index is 5.39. The molecular formula is C13H24Cl2N2O. The minimum Gasteiger partial charge on any atom is -0.494 e. The molecule has 1 rings (SSSR count). The number of hydrogen-bond acceptors (Lipinski definition) is 3. The number of halogens is 2. The molecule has 0 saturated carbocycles. The average Bonchev–Trinajstić information content (AvgIpc) is 2.27. The Balaban J connectivity index is 0. The largest absolute Gasteiger partial charge is 0.494 e. The lowest BCUT2D eigenvalue weighted by molar-refractivity contribution is 0.340. The van der Waals surface area contributed by atoms with E-state index in [1.165, 1.54) is 5.56 Å². The van der Waals surface area contributed by atoms with E-state index in [0.717, 1.165) is 32.0 Å². The van der Waals surface area contributed by atoms with Gasteiger partial charge in [0, 0.05) is 19.6 Å². The molecule has 0 spiro atoms. The standard InChI is InChI=1S/C13H22N2O.2ClH/c1-4-16-13-7-5-12(6-8-13)11-14-9-10-15(2)3;;/h5-8,14H,4,9-11H2,1-3H3;2*1H. The van der Waals surface area contributed by atoms with E-state index in [1.54, 1.807) is 0 Å². The van der Waals surface area contributed by atoms with Gasteiger partial charge in [-0.3, -0.25) is 0 Å². The molecule has 0 aromatic heterocycles. The molecular weight excluding hydrogens is 271 g/mol. The summed E-state index contributed by atoms with van der Waals surface area (Å²) in [5, 5.41) is 3.40. The molecule has 18 heavy (non-hydrogen) atoms. The van der Waals surface area contributed by atoms with Crippen molar-refractivity contribution in [2.75, 3.05) is 33.8 Å². The van der Waals surface area contributed by atoms with Gasteiger partial charge in [0.1, 0.15) is 5.75 Å². The summed E-state index contributed by atoms with van der Waals surface area (Å²) in [6.07, 6.45) is 0. The van der Waals surface area contributed by atoms with Gasteiger partial charge in [-0.15, -0.1) is 24.8 Å². The highest BCUT2D eigenvalue weighted by molar-refractivity contribution is 5.85. The van der Waals surface area contributed by atoms with Gasteiger partial charge in [0.2, 0.25) is 0 Å². The number of ether oxygens (including phenoxy) is 1. The number of nitrogens with one attached hydrogen (secondary N) is 1. The fraction of sp³-hybridized carbons (Fsp3) is 0.538. The summed E-state index contributed by atoms with van der Waals surface area (Å²) in [6, 6.07) is 8.25. The first-order valence-electron chi connectivity index (χ1n) is 5.79. The van der Waals surface area contributed by atoms with Crippen molar-refractivity contribution in [1.82, 2.24) is 10.2 Å². The van der Waals surface area contributed by atoms with Crippen molar-refractivity contribution in [3.05, 3.63) is 29.8 Å². The second kappa shape index (κ2) is 11.6. The van der Waals surface area contributed by atoms with Gasteiger partial charge >= 0.3 is 0 Å². The van der Waals surface area contributed by atoms with Crippen LogP contribution < -0.4 is 10.1 Å². The molecule has 0 saturated heterocycles. The van der Waals surface area contributed by atoms with Crippen molar-refractivity contribution in [2.45, 2.75) is 13.5 Å². The molecule has 0 atom stereocenters. The average molecular weight is 295 g/mol. The van der Waals surface area contributed by atoms with E-state index in [2.05, 4.69) is 36.4 Å². The third kappa shape index (κ3) is 8.59. The van der Waals surface area contributed by atoms with Crippen LogP contribution in [-0.4, -0.2) is 38.7 Å². The van der Waals surface area contributed by atoms with Crippen molar-refractivity contribution >= 4 is 24.8 Å². The van der Waals surface area contributed by atoms with Crippen molar-refractivity contribution in [3.8, 4) is 5.75 Å². The second-order valence-corrected chi connectivity index (χ2v) is 4.06. The van der Waals surface area contributed by atoms with Gasteiger partial charge in [0.25, 0.3) is 0 Å². The molecule has 3 nitrogen and oxygen atoms in total. The Hall–Kier alpha value is -0.480. The molecule has 0 amide bonds. The predicted molar refractivity (Wildman–Crippen MR) is 82.4 cm³/mol. The SMILES string of the molecule is CCOc1ccc(CNCCN(C)C)cc1.Cl.Cl. The summed E-state index contributed by atoms with van der Waals surface area (Å²) < 4.78 is 5.39. The van der Waals surface area contributed by atoms with E-state index >= 15 is 0 Å². The summed E-state index contributed by atoms with van der Waals surface area (Å²) >= 11 is 0. The highest BCUT2D eigenvalue weighted by Gasteiger charge is 1.95. The van der Waals surface area contributed by atoms with Gasteiger partial charge in [-0.25, -0.2) is 0 Å². The Morgan fingerprint density at radius 1 is 1.11 bits per heavy atom.